The molecule has 1 atom stereocenters. The summed E-state index contributed by atoms with van der Waals surface area (Å²) < 4.78 is 0. The van der Waals surface area contributed by atoms with Gasteiger partial charge in [-0.15, -0.1) is 0 Å². The van der Waals surface area contributed by atoms with Crippen molar-refractivity contribution in [1.82, 2.24) is 0 Å². The molecule has 0 fully saturated rings. The first-order chi connectivity index (χ1) is 14.0. The third kappa shape index (κ3) is 3.82. The number of phenolic OH excluding ortho intramolecular Hbond substituents is 1. The van der Waals surface area contributed by atoms with Crippen LogP contribution in [0.2, 0.25) is 5.02 Å². The number of nitrogens with one attached hydrogen (secondary N) is 1. The van der Waals surface area contributed by atoms with Crippen molar-refractivity contribution in [2.45, 2.75) is 18.9 Å². The monoisotopic (exact) mass is 406 g/mol. The lowest BCUT2D eigenvalue weighted by atomic mass is 9.94. The van der Waals surface area contributed by atoms with Crippen molar-refractivity contribution in [2.24, 2.45) is 0 Å². The Morgan fingerprint density at radius 2 is 1.76 bits per heavy atom. The fourth-order valence-electron chi connectivity index (χ4n) is 3.60. The molecule has 0 aromatic heterocycles. The molecule has 146 valence electrons. The highest BCUT2D eigenvalue weighted by atomic mass is 35.5. The SMILES string of the molecule is O=C(Nc1ccccc1O)C1CCc2ccccc2N1C(=O)c1cccc(Cl)c1. The first-order valence-corrected chi connectivity index (χ1v) is 9.68. The van der Waals surface area contributed by atoms with E-state index in [9.17, 15) is 14.7 Å². The second-order valence-electron chi connectivity index (χ2n) is 6.88. The van der Waals surface area contributed by atoms with Crippen molar-refractivity contribution in [2.75, 3.05) is 10.2 Å². The number of benzene rings is 3. The highest BCUT2D eigenvalue weighted by Gasteiger charge is 2.36. The maximum Gasteiger partial charge on any atom is 0.259 e. The van der Waals surface area contributed by atoms with Gasteiger partial charge in [-0.1, -0.05) is 48.0 Å². The normalized spacial score (nSPS) is 15.5. The summed E-state index contributed by atoms with van der Waals surface area (Å²) in [5.41, 5.74) is 2.44. The lowest BCUT2D eigenvalue weighted by Gasteiger charge is -2.36. The van der Waals surface area contributed by atoms with Crippen molar-refractivity contribution >= 4 is 34.8 Å². The van der Waals surface area contributed by atoms with E-state index in [1.165, 1.54) is 11.0 Å². The third-order valence-corrected chi connectivity index (χ3v) is 5.24. The molecule has 2 N–H and O–H groups in total. The fraction of sp³-hybridized carbons (Fsp3) is 0.130. The van der Waals surface area contributed by atoms with Crippen molar-refractivity contribution in [3.8, 4) is 5.75 Å². The summed E-state index contributed by atoms with van der Waals surface area (Å²) >= 11 is 6.07. The number of aromatic hydroxyl groups is 1. The van der Waals surface area contributed by atoms with E-state index in [-0.39, 0.29) is 17.6 Å². The molecular weight excluding hydrogens is 388 g/mol. The van der Waals surface area contributed by atoms with Gasteiger partial charge in [0.05, 0.1) is 5.69 Å². The van der Waals surface area contributed by atoms with Gasteiger partial charge >= 0.3 is 0 Å². The summed E-state index contributed by atoms with van der Waals surface area (Å²) in [4.78, 5) is 28.0. The topological polar surface area (TPSA) is 69.6 Å². The van der Waals surface area contributed by atoms with Gasteiger partial charge in [0.1, 0.15) is 11.8 Å². The Morgan fingerprint density at radius 1 is 1.00 bits per heavy atom. The minimum Gasteiger partial charge on any atom is -0.506 e. The summed E-state index contributed by atoms with van der Waals surface area (Å²) in [5.74, 6) is -0.668. The van der Waals surface area contributed by atoms with E-state index in [2.05, 4.69) is 5.32 Å². The Kier molecular flexibility index (Phi) is 5.23. The van der Waals surface area contributed by atoms with Crippen LogP contribution in [-0.4, -0.2) is 23.0 Å². The van der Waals surface area contributed by atoms with Gasteiger partial charge in [-0.05, 0) is 54.8 Å². The zero-order valence-corrected chi connectivity index (χ0v) is 16.3. The standard InChI is InChI=1S/C23H19ClN2O3/c24-17-8-5-7-16(14-17)23(29)26-19-10-3-1-6-15(19)12-13-20(26)22(28)25-18-9-2-4-11-21(18)27/h1-11,14,20,27H,12-13H2,(H,25,28). The highest BCUT2D eigenvalue weighted by Crippen LogP contribution is 2.33. The maximum absolute atomic E-state index is 13.4. The zero-order valence-electron chi connectivity index (χ0n) is 15.5. The Hall–Kier alpha value is -3.31. The molecule has 1 unspecified atom stereocenters. The van der Waals surface area contributed by atoms with Crippen LogP contribution in [0.1, 0.15) is 22.3 Å². The van der Waals surface area contributed by atoms with E-state index in [0.717, 1.165) is 5.56 Å². The average molecular weight is 407 g/mol. The molecule has 29 heavy (non-hydrogen) atoms. The molecule has 6 heteroatoms. The molecule has 0 radical (unpaired) electrons. The van der Waals surface area contributed by atoms with Crippen LogP contribution in [0.25, 0.3) is 0 Å². The number of anilines is 2. The molecule has 0 spiro atoms. The summed E-state index contributed by atoms with van der Waals surface area (Å²) in [6.45, 7) is 0. The van der Waals surface area contributed by atoms with Crippen molar-refractivity contribution in [3.63, 3.8) is 0 Å². The number of nitrogens with zero attached hydrogens (tertiary/aromatic N) is 1. The molecule has 1 heterocycles. The van der Waals surface area contributed by atoms with Crippen molar-refractivity contribution in [3.05, 3.63) is 88.9 Å². The van der Waals surface area contributed by atoms with E-state index in [1.807, 2.05) is 24.3 Å². The summed E-state index contributed by atoms with van der Waals surface area (Å²) in [6.07, 6.45) is 1.15. The average Bonchev–Trinajstić information content (AvgIpc) is 2.74. The fourth-order valence-corrected chi connectivity index (χ4v) is 3.79. The molecular formula is C23H19ClN2O3. The number of halogens is 1. The predicted molar refractivity (Wildman–Crippen MR) is 114 cm³/mol. The first-order valence-electron chi connectivity index (χ1n) is 9.30. The molecule has 0 saturated carbocycles. The second-order valence-corrected chi connectivity index (χ2v) is 7.31. The number of amides is 2. The van der Waals surface area contributed by atoms with Crippen LogP contribution in [-0.2, 0) is 11.2 Å². The molecule has 3 aromatic rings. The number of hydrogen-bond acceptors (Lipinski definition) is 3. The van der Waals surface area contributed by atoms with Crippen LogP contribution in [0.5, 0.6) is 5.75 Å². The Labute approximate surface area is 173 Å². The number of rotatable bonds is 3. The highest BCUT2D eigenvalue weighted by molar-refractivity contribution is 6.31. The van der Waals surface area contributed by atoms with E-state index in [0.29, 0.717) is 34.8 Å². The van der Waals surface area contributed by atoms with Gasteiger partial charge in [0.2, 0.25) is 5.91 Å². The molecule has 0 aliphatic carbocycles. The lowest BCUT2D eigenvalue weighted by Crippen LogP contribution is -2.50. The van der Waals surface area contributed by atoms with Crippen LogP contribution in [0.15, 0.2) is 72.8 Å². The smallest absolute Gasteiger partial charge is 0.259 e. The predicted octanol–water partition coefficient (Wildman–Crippen LogP) is 4.65. The Morgan fingerprint density at radius 3 is 2.55 bits per heavy atom. The molecule has 2 amide bonds. The van der Waals surface area contributed by atoms with Crippen molar-refractivity contribution in [1.29, 1.82) is 0 Å². The van der Waals surface area contributed by atoms with Gasteiger partial charge in [-0.25, -0.2) is 0 Å². The molecule has 0 bridgehead atoms. The first kappa shape index (κ1) is 19.0. The third-order valence-electron chi connectivity index (χ3n) is 5.00. The molecule has 3 aromatic carbocycles. The minimum absolute atomic E-state index is 0.0234. The van der Waals surface area contributed by atoms with Gasteiger partial charge in [-0.2, -0.15) is 0 Å². The largest absolute Gasteiger partial charge is 0.506 e. The van der Waals surface area contributed by atoms with Gasteiger partial charge in [-0.3, -0.25) is 14.5 Å². The lowest BCUT2D eigenvalue weighted by molar-refractivity contribution is -0.117. The van der Waals surface area contributed by atoms with Gasteiger partial charge in [0.15, 0.2) is 0 Å². The number of carbonyl (C=O) groups is 2. The van der Waals surface area contributed by atoms with Gasteiger partial charge in [0, 0.05) is 16.3 Å². The number of aryl methyl sites for hydroxylation is 1. The Balaban J connectivity index is 1.71. The number of carbonyl (C=O) groups excluding carboxylic acids is 2. The van der Waals surface area contributed by atoms with E-state index >= 15 is 0 Å². The molecule has 1 aliphatic heterocycles. The number of hydrogen-bond donors (Lipinski definition) is 2. The maximum atomic E-state index is 13.4. The molecule has 0 saturated heterocycles. The minimum atomic E-state index is -0.712. The number of para-hydroxylation sites is 3. The summed E-state index contributed by atoms with van der Waals surface area (Å²) in [5, 5.41) is 13.2. The molecule has 5 nitrogen and oxygen atoms in total. The van der Waals surface area contributed by atoms with E-state index in [1.54, 1.807) is 42.5 Å². The summed E-state index contributed by atoms with van der Waals surface area (Å²) in [7, 11) is 0. The molecule has 1 aliphatic rings. The van der Waals surface area contributed by atoms with Gasteiger partial charge < -0.3 is 10.4 Å². The van der Waals surface area contributed by atoms with Crippen LogP contribution in [0, 0.1) is 0 Å². The number of fused-ring (bicyclic) bond motifs is 1. The van der Waals surface area contributed by atoms with Crippen LogP contribution < -0.4 is 10.2 Å². The zero-order chi connectivity index (χ0) is 20.4. The molecule has 4 rings (SSSR count). The number of phenols is 1. The Bertz CT molecular complexity index is 1080. The van der Waals surface area contributed by atoms with Crippen molar-refractivity contribution < 1.29 is 14.7 Å². The van der Waals surface area contributed by atoms with E-state index in [4.69, 9.17) is 11.6 Å². The van der Waals surface area contributed by atoms with E-state index < -0.39 is 6.04 Å². The summed E-state index contributed by atoms with van der Waals surface area (Å²) in [6, 6.07) is 20.1. The van der Waals surface area contributed by atoms with Crippen LogP contribution in [0.3, 0.4) is 0 Å². The van der Waals surface area contributed by atoms with Crippen LogP contribution >= 0.6 is 11.6 Å². The second kappa shape index (κ2) is 7.97. The quantitative estimate of drug-likeness (QED) is 0.622. The van der Waals surface area contributed by atoms with Crippen LogP contribution in [0.4, 0.5) is 11.4 Å². The van der Waals surface area contributed by atoms with Gasteiger partial charge in [0.25, 0.3) is 5.91 Å².